The molecule has 0 unspecified atom stereocenters. The van der Waals surface area contributed by atoms with E-state index in [-0.39, 0.29) is 0 Å². The van der Waals surface area contributed by atoms with E-state index in [0.29, 0.717) is 0 Å². The molecule has 0 spiro atoms. The first kappa shape index (κ1) is 21.8. The summed E-state index contributed by atoms with van der Waals surface area (Å²) in [6.45, 7) is 0. The summed E-state index contributed by atoms with van der Waals surface area (Å²) in [5.41, 5.74) is 1.45. The van der Waals surface area contributed by atoms with Crippen molar-refractivity contribution in [2.75, 3.05) is 0 Å². The van der Waals surface area contributed by atoms with Crippen molar-refractivity contribution in [1.29, 1.82) is 0 Å². The maximum Gasteiger partial charge on any atom is 0.00140 e. The van der Waals surface area contributed by atoms with Crippen LogP contribution in [0.3, 0.4) is 0 Å². The van der Waals surface area contributed by atoms with E-state index in [4.69, 9.17) is 0 Å². The Morgan fingerprint density at radius 2 is 0.727 bits per heavy atom. The summed E-state index contributed by atoms with van der Waals surface area (Å²) in [4.78, 5) is 0. The Kier molecular flexibility index (Phi) is 7.08. The third-order valence-electron chi connectivity index (χ3n) is 5.73. The van der Waals surface area contributed by atoms with Crippen LogP contribution >= 0.6 is 15.8 Å². The molecule has 0 saturated carbocycles. The van der Waals surface area contributed by atoms with Gasteiger partial charge < -0.3 is 0 Å². The third kappa shape index (κ3) is 5.15. The van der Waals surface area contributed by atoms with Crippen LogP contribution in [0, 0.1) is 0 Å². The molecule has 160 valence electrons. The molecule has 0 nitrogen and oxygen atoms in total. The van der Waals surface area contributed by atoms with Crippen LogP contribution in [0.5, 0.6) is 0 Å². The maximum absolute atomic E-state index is 2.35. The molecular weight excluding hydrogens is 434 g/mol. The fourth-order valence-electron chi connectivity index (χ4n) is 4.16. The monoisotopic (exact) mass is 460 g/mol. The van der Waals surface area contributed by atoms with Gasteiger partial charge in [0.15, 0.2) is 0 Å². The van der Waals surface area contributed by atoms with E-state index in [1.165, 1.54) is 32.1 Å². The van der Waals surface area contributed by atoms with Crippen molar-refractivity contribution in [2.45, 2.75) is 6.16 Å². The van der Waals surface area contributed by atoms with Crippen molar-refractivity contribution in [2.24, 2.45) is 0 Å². The molecule has 2 heteroatoms. The summed E-state index contributed by atoms with van der Waals surface area (Å²) in [5.74, 6) is 0. The lowest BCUT2D eigenvalue weighted by Crippen LogP contribution is -2.24. The first-order valence-electron chi connectivity index (χ1n) is 11.3. The normalized spacial score (nSPS) is 11.1. The first-order valence-corrected chi connectivity index (χ1v) is 14.1. The van der Waals surface area contributed by atoms with Gasteiger partial charge in [-0.3, -0.25) is 0 Å². The molecule has 0 radical (unpaired) electrons. The fraction of sp³-hybridized carbons (Fsp3) is 0.0323. The lowest BCUT2D eigenvalue weighted by molar-refractivity contribution is 1.44. The van der Waals surface area contributed by atoms with Crippen LogP contribution < -0.4 is 26.5 Å². The zero-order valence-electron chi connectivity index (χ0n) is 18.5. The molecular formula is C31H26P2. The Balaban J connectivity index is 1.61. The second kappa shape index (κ2) is 10.7. The SMILES string of the molecule is c1ccc(P(Cc2ccccc2P(c2ccccc2)c2ccccc2)c2ccccc2)cc1. The fourth-order valence-corrected chi connectivity index (χ4v) is 9.10. The Labute approximate surface area is 199 Å². The summed E-state index contributed by atoms with van der Waals surface area (Å²) in [7, 11) is -1.12. The standard InChI is InChI=1S/C31H26P2/c1-5-16-27(17-6-1)32(28-18-7-2-8-19-28)25-26-15-13-14-24-31(26)33(29-20-9-3-10-21-29)30-22-11-4-12-23-30/h1-24H,25H2. The molecule has 0 aliphatic carbocycles. The topological polar surface area (TPSA) is 0 Å². The van der Waals surface area contributed by atoms with Gasteiger partial charge in [0.1, 0.15) is 0 Å². The van der Waals surface area contributed by atoms with Crippen molar-refractivity contribution in [1.82, 2.24) is 0 Å². The van der Waals surface area contributed by atoms with Crippen molar-refractivity contribution >= 4 is 42.4 Å². The van der Waals surface area contributed by atoms with Gasteiger partial charge in [0.2, 0.25) is 0 Å². The lowest BCUT2D eigenvalue weighted by atomic mass is 10.2. The summed E-state index contributed by atoms with van der Waals surface area (Å²) < 4.78 is 0. The highest BCUT2D eigenvalue weighted by Crippen LogP contribution is 2.41. The van der Waals surface area contributed by atoms with Crippen LogP contribution in [-0.4, -0.2) is 0 Å². The van der Waals surface area contributed by atoms with Crippen LogP contribution in [0.15, 0.2) is 146 Å². The Morgan fingerprint density at radius 3 is 1.18 bits per heavy atom. The van der Waals surface area contributed by atoms with Crippen molar-refractivity contribution in [3.63, 3.8) is 0 Å². The summed E-state index contributed by atoms with van der Waals surface area (Å²) in [6, 6.07) is 53.2. The summed E-state index contributed by atoms with van der Waals surface area (Å²) >= 11 is 0. The van der Waals surface area contributed by atoms with Gasteiger partial charge in [0, 0.05) is 6.16 Å². The first-order chi connectivity index (χ1) is 16.4. The molecule has 33 heavy (non-hydrogen) atoms. The van der Waals surface area contributed by atoms with Gasteiger partial charge >= 0.3 is 0 Å². The molecule has 0 aliphatic rings. The predicted molar refractivity (Wildman–Crippen MR) is 148 cm³/mol. The van der Waals surface area contributed by atoms with Gasteiger partial charge in [-0.1, -0.05) is 146 Å². The molecule has 0 atom stereocenters. The molecule has 0 aromatic heterocycles. The van der Waals surface area contributed by atoms with Crippen LogP contribution in [-0.2, 0) is 6.16 Å². The number of hydrogen-bond donors (Lipinski definition) is 0. The van der Waals surface area contributed by atoms with Gasteiger partial charge in [-0.05, 0) is 47.9 Å². The molecule has 5 rings (SSSR count). The molecule has 0 heterocycles. The smallest absolute Gasteiger partial charge is 0.00140 e. The molecule has 0 bridgehead atoms. The zero-order valence-corrected chi connectivity index (χ0v) is 20.2. The quantitative estimate of drug-likeness (QED) is 0.258. The minimum absolute atomic E-state index is 0.496. The van der Waals surface area contributed by atoms with Gasteiger partial charge in [0.25, 0.3) is 0 Å². The zero-order chi connectivity index (χ0) is 22.3. The minimum atomic E-state index is -0.625. The van der Waals surface area contributed by atoms with Crippen molar-refractivity contribution in [3.05, 3.63) is 151 Å². The second-order valence-electron chi connectivity index (χ2n) is 7.89. The highest BCUT2D eigenvalue weighted by Gasteiger charge is 2.22. The lowest BCUT2D eigenvalue weighted by Gasteiger charge is -2.25. The average molecular weight is 460 g/mol. The van der Waals surface area contributed by atoms with E-state index in [1.807, 2.05) is 0 Å². The van der Waals surface area contributed by atoms with E-state index < -0.39 is 15.8 Å². The summed E-state index contributed by atoms with van der Waals surface area (Å²) in [6.07, 6.45) is 1.04. The van der Waals surface area contributed by atoms with E-state index in [9.17, 15) is 0 Å². The van der Waals surface area contributed by atoms with E-state index in [2.05, 4.69) is 146 Å². The van der Waals surface area contributed by atoms with Crippen molar-refractivity contribution in [3.8, 4) is 0 Å². The summed E-state index contributed by atoms with van der Waals surface area (Å²) in [5, 5.41) is 7.11. The molecule has 0 aliphatic heterocycles. The second-order valence-corrected chi connectivity index (χ2v) is 12.3. The van der Waals surface area contributed by atoms with E-state index in [0.717, 1.165) is 6.16 Å². The Bertz CT molecular complexity index is 1190. The van der Waals surface area contributed by atoms with E-state index >= 15 is 0 Å². The minimum Gasteiger partial charge on any atom is -0.0622 e. The predicted octanol–water partition coefficient (Wildman–Crippen LogP) is 6.08. The number of hydrogen-bond acceptors (Lipinski definition) is 0. The number of benzene rings is 5. The van der Waals surface area contributed by atoms with Crippen molar-refractivity contribution < 1.29 is 0 Å². The Morgan fingerprint density at radius 1 is 0.364 bits per heavy atom. The van der Waals surface area contributed by atoms with E-state index in [1.54, 1.807) is 0 Å². The molecule has 5 aromatic carbocycles. The Hall–Kier alpha value is -3.04. The van der Waals surface area contributed by atoms with Crippen LogP contribution in [0.2, 0.25) is 0 Å². The molecule has 5 aromatic rings. The van der Waals surface area contributed by atoms with Gasteiger partial charge in [-0.25, -0.2) is 0 Å². The van der Waals surface area contributed by atoms with Gasteiger partial charge in [-0.15, -0.1) is 0 Å². The van der Waals surface area contributed by atoms with Gasteiger partial charge in [-0.2, -0.15) is 0 Å². The largest absolute Gasteiger partial charge is 0.0622 e. The molecule has 0 fully saturated rings. The van der Waals surface area contributed by atoms with Crippen LogP contribution in [0.1, 0.15) is 5.56 Å². The molecule has 0 amide bonds. The number of rotatable bonds is 7. The molecule has 0 N–H and O–H groups in total. The third-order valence-corrected chi connectivity index (χ3v) is 10.8. The average Bonchev–Trinajstić information content (AvgIpc) is 2.90. The van der Waals surface area contributed by atoms with Crippen LogP contribution in [0.25, 0.3) is 0 Å². The molecule has 0 saturated heterocycles. The van der Waals surface area contributed by atoms with Gasteiger partial charge in [0.05, 0.1) is 0 Å². The highest BCUT2D eigenvalue weighted by molar-refractivity contribution is 7.80. The highest BCUT2D eigenvalue weighted by atomic mass is 31.1. The maximum atomic E-state index is 2.35. The van der Waals surface area contributed by atoms with Crippen LogP contribution in [0.4, 0.5) is 0 Å².